The van der Waals surface area contributed by atoms with E-state index in [4.69, 9.17) is 0 Å². The van der Waals surface area contributed by atoms with Crippen molar-refractivity contribution in [3.63, 3.8) is 0 Å². The molecule has 2 heterocycles. The van der Waals surface area contributed by atoms with Crippen molar-refractivity contribution in [3.8, 4) is 0 Å². The smallest absolute Gasteiger partial charge is 0.252 e. The van der Waals surface area contributed by atoms with Crippen molar-refractivity contribution in [3.05, 3.63) is 52.4 Å². The first-order valence-electron chi connectivity index (χ1n) is 9.50. The van der Waals surface area contributed by atoms with Crippen LogP contribution in [-0.2, 0) is 27.7 Å². The van der Waals surface area contributed by atoms with Gasteiger partial charge >= 0.3 is 0 Å². The minimum Gasteiger partial charge on any atom is -0.349 e. The van der Waals surface area contributed by atoms with E-state index in [2.05, 4.69) is 17.4 Å². The van der Waals surface area contributed by atoms with Gasteiger partial charge in [0.2, 0.25) is 5.91 Å². The number of aryl methyl sites for hydroxylation is 1. The summed E-state index contributed by atoms with van der Waals surface area (Å²) in [6.45, 7) is 1.19. The number of hydrogen-bond donors (Lipinski definition) is 1. The van der Waals surface area contributed by atoms with Crippen molar-refractivity contribution in [2.75, 3.05) is 13.1 Å². The van der Waals surface area contributed by atoms with E-state index in [0.717, 1.165) is 37.0 Å². The lowest BCUT2D eigenvalue weighted by Gasteiger charge is -2.26. The maximum atomic E-state index is 12.6. The molecule has 27 heavy (non-hydrogen) atoms. The van der Waals surface area contributed by atoms with Gasteiger partial charge in [-0.05, 0) is 55.4 Å². The highest BCUT2D eigenvalue weighted by atomic mass is 32.2. The largest absolute Gasteiger partial charge is 0.349 e. The molecule has 1 fully saturated rings. The van der Waals surface area contributed by atoms with Crippen LogP contribution < -0.4 is 5.32 Å². The molecule has 144 valence electrons. The number of nitrogens with one attached hydrogen (secondary N) is 1. The van der Waals surface area contributed by atoms with Gasteiger partial charge in [-0.1, -0.05) is 24.3 Å². The zero-order chi connectivity index (χ0) is 18.9. The zero-order valence-electron chi connectivity index (χ0n) is 15.2. The van der Waals surface area contributed by atoms with Crippen molar-refractivity contribution < 1.29 is 13.2 Å². The third-order valence-corrected chi connectivity index (χ3v) is 8.79. The Morgan fingerprint density at radius 3 is 2.70 bits per heavy atom. The van der Waals surface area contributed by atoms with Gasteiger partial charge in [-0.15, -0.1) is 11.3 Å². The molecule has 1 atom stereocenters. The summed E-state index contributed by atoms with van der Waals surface area (Å²) in [6.07, 6.45) is 5.14. The minimum absolute atomic E-state index is 0.0511. The Balaban J connectivity index is 1.42. The second-order valence-electron chi connectivity index (χ2n) is 7.22. The fourth-order valence-corrected chi connectivity index (χ4v) is 6.98. The Bertz CT molecular complexity index is 930. The van der Waals surface area contributed by atoms with Gasteiger partial charge in [0.1, 0.15) is 4.21 Å². The Morgan fingerprint density at radius 2 is 1.89 bits per heavy atom. The minimum atomic E-state index is -3.40. The highest BCUT2D eigenvalue weighted by Crippen LogP contribution is 2.30. The molecule has 7 heteroatoms. The van der Waals surface area contributed by atoms with Gasteiger partial charge in [-0.3, -0.25) is 4.79 Å². The lowest BCUT2D eigenvalue weighted by atomic mass is 9.87. The van der Waals surface area contributed by atoms with Gasteiger partial charge in [-0.2, -0.15) is 4.31 Å². The van der Waals surface area contributed by atoms with E-state index in [9.17, 15) is 13.2 Å². The van der Waals surface area contributed by atoms with Gasteiger partial charge in [0.25, 0.3) is 10.0 Å². The molecule has 2 aliphatic rings. The molecule has 1 aromatic heterocycles. The summed E-state index contributed by atoms with van der Waals surface area (Å²) >= 11 is 1.21. The predicted octanol–water partition coefficient (Wildman–Crippen LogP) is 3.27. The Kier molecular flexibility index (Phi) is 5.34. The third kappa shape index (κ3) is 3.95. The van der Waals surface area contributed by atoms with Gasteiger partial charge in [-0.25, -0.2) is 8.42 Å². The van der Waals surface area contributed by atoms with Gasteiger partial charge < -0.3 is 5.32 Å². The van der Waals surface area contributed by atoms with Gasteiger partial charge in [0.05, 0.1) is 12.5 Å². The first kappa shape index (κ1) is 18.7. The van der Waals surface area contributed by atoms with Crippen molar-refractivity contribution in [1.82, 2.24) is 9.62 Å². The van der Waals surface area contributed by atoms with Crippen molar-refractivity contribution in [1.29, 1.82) is 0 Å². The normalized spacial score (nSPS) is 20.4. The Labute approximate surface area is 164 Å². The van der Waals surface area contributed by atoms with Crippen LogP contribution in [0.3, 0.4) is 0 Å². The monoisotopic (exact) mass is 404 g/mol. The molecule has 0 spiro atoms. The predicted molar refractivity (Wildman–Crippen MR) is 106 cm³/mol. The summed E-state index contributed by atoms with van der Waals surface area (Å²) in [4.78, 5) is 13.3. The Hall–Kier alpha value is -1.70. The first-order chi connectivity index (χ1) is 13.0. The maximum Gasteiger partial charge on any atom is 0.252 e. The molecule has 1 aliphatic heterocycles. The summed E-state index contributed by atoms with van der Waals surface area (Å²) in [7, 11) is -3.40. The lowest BCUT2D eigenvalue weighted by molar-refractivity contribution is -0.121. The fourth-order valence-electron chi connectivity index (χ4n) is 3.96. The van der Waals surface area contributed by atoms with Crippen LogP contribution in [0.1, 0.15) is 47.7 Å². The number of nitrogens with zero attached hydrogens (tertiary/aromatic N) is 1. The van der Waals surface area contributed by atoms with Gasteiger partial charge in [0, 0.05) is 18.0 Å². The van der Waals surface area contributed by atoms with Crippen LogP contribution in [0.5, 0.6) is 0 Å². The van der Waals surface area contributed by atoms with E-state index >= 15 is 0 Å². The second kappa shape index (κ2) is 7.73. The molecule has 1 unspecified atom stereocenters. The second-order valence-corrected chi connectivity index (χ2v) is 10.6. The van der Waals surface area contributed by atoms with Crippen LogP contribution >= 0.6 is 11.3 Å². The average molecular weight is 405 g/mol. The number of benzene rings is 1. The molecule has 0 saturated carbocycles. The quantitative estimate of drug-likeness (QED) is 0.832. The van der Waals surface area contributed by atoms with Crippen LogP contribution in [-0.4, -0.2) is 31.7 Å². The number of sulfonamides is 1. The van der Waals surface area contributed by atoms with E-state index in [1.165, 1.54) is 22.5 Å². The van der Waals surface area contributed by atoms with Crippen LogP contribution in [0.2, 0.25) is 0 Å². The maximum absolute atomic E-state index is 12.6. The number of carbonyl (C=O) groups is 1. The highest BCUT2D eigenvalue weighted by molar-refractivity contribution is 7.91. The molecular weight excluding hydrogens is 380 g/mol. The van der Waals surface area contributed by atoms with Crippen LogP contribution in [0.15, 0.2) is 40.6 Å². The van der Waals surface area contributed by atoms with Crippen LogP contribution in [0.4, 0.5) is 0 Å². The van der Waals surface area contributed by atoms with Crippen molar-refractivity contribution in [2.45, 2.75) is 48.8 Å². The van der Waals surface area contributed by atoms with Crippen LogP contribution in [0, 0.1) is 0 Å². The lowest BCUT2D eigenvalue weighted by Crippen LogP contribution is -2.31. The average Bonchev–Trinajstić information content (AvgIpc) is 3.34. The highest BCUT2D eigenvalue weighted by Gasteiger charge is 2.29. The molecule has 0 radical (unpaired) electrons. The third-order valence-electron chi connectivity index (χ3n) is 5.34. The number of rotatable bonds is 5. The molecule has 1 amide bonds. The zero-order valence-corrected chi connectivity index (χ0v) is 16.8. The fraction of sp³-hybridized carbons (Fsp3) is 0.450. The molecule has 5 nitrogen and oxygen atoms in total. The number of carbonyl (C=O) groups excluding carboxylic acids is 1. The number of thiophene rings is 1. The SMILES string of the molecule is O=C(Cc1ccc(S(=O)(=O)N2CCCC2)s1)NC1CCCc2ccccc21. The van der Waals surface area contributed by atoms with E-state index in [1.54, 1.807) is 16.4 Å². The number of amides is 1. The summed E-state index contributed by atoms with van der Waals surface area (Å²) in [6, 6.07) is 11.7. The standard InChI is InChI=1S/C20H24N2O3S2/c23-19(21-18-9-5-7-15-6-1-2-8-17(15)18)14-16-10-11-20(26-16)27(24,25)22-12-3-4-13-22/h1-2,6,8,10-11,18H,3-5,7,9,12-14H2,(H,21,23). The molecule has 1 aliphatic carbocycles. The topological polar surface area (TPSA) is 66.5 Å². The summed E-state index contributed by atoms with van der Waals surface area (Å²) in [5, 5.41) is 3.13. The van der Waals surface area contributed by atoms with Crippen LogP contribution in [0.25, 0.3) is 0 Å². The molecule has 1 saturated heterocycles. The molecule has 0 bridgehead atoms. The number of hydrogen-bond acceptors (Lipinski definition) is 4. The van der Waals surface area contributed by atoms with Crippen molar-refractivity contribution in [2.24, 2.45) is 0 Å². The Morgan fingerprint density at radius 1 is 1.11 bits per heavy atom. The summed E-state index contributed by atoms with van der Waals surface area (Å²) < 4.78 is 27.1. The summed E-state index contributed by atoms with van der Waals surface area (Å²) in [5.41, 5.74) is 2.52. The van der Waals surface area contributed by atoms with Crippen molar-refractivity contribution >= 4 is 27.3 Å². The molecule has 1 N–H and O–H groups in total. The first-order valence-corrected chi connectivity index (χ1v) is 11.8. The van der Waals surface area contributed by atoms with E-state index < -0.39 is 10.0 Å². The van der Waals surface area contributed by atoms with E-state index in [-0.39, 0.29) is 18.4 Å². The van der Waals surface area contributed by atoms with E-state index in [1.807, 2.05) is 12.1 Å². The molecule has 2 aromatic rings. The number of fused-ring (bicyclic) bond motifs is 1. The van der Waals surface area contributed by atoms with Gasteiger partial charge in [0.15, 0.2) is 0 Å². The molecule has 1 aromatic carbocycles. The summed E-state index contributed by atoms with van der Waals surface area (Å²) in [5.74, 6) is -0.0522. The molecule has 4 rings (SSSR count). The molecular formula is C20H24N2O3S2. The van der Waals surface area contributed by atoms with E-state index in [0.29, 0.717) is 17.3 Å².